The smallest absolute Gasteiger partial charge is 0.309 e. The second-order valence-electron chi connectivity index (χ2n) is 7.53. The Balaban J connectivity index is 1.69. The number of carbonyl (C=O) groups is 1. The first kappa shape index (κ1) is 21.2. The molecule has 0 bridgehead atoms. The monoisotopic (exact) mass is 448 g/mol. The average molecular weight is 448 g/mol. The van der Waals surface area contributed by atoms with Gasteiger partial charge in [0.2, 0.25) is 15.9 Å². The number of aromatic nitrogens is 3. The van der Waals surface area contributed by atoms with Crippen molar-refractivity contribution in [3.05, 3.63) is 48.0 Å². The lowest BCUT2D eigenvalue weighted by molar-refractivity contribution is -0.136. The minimum Gasteiger partial charge on any atom is -0.481 e. The number of fused-ring (bicyclic) bond motifs is 1. The van der Waals surface area contributed by atoms with Gasteiger partial charge in [-0.2, -0.15) is 9.40 Å². The zero-order chi connectivity index (χ0) is 22.3. The topological polar surface area (TPSA) is 115 Å². The van der Waals surface area contributed by atoms with Gasteiger partial charge < -0.3 is 9.84 Å². The molecule has 0 radical (unpaired) electrons. The van der Waals surface area contributed by atoms with E-state index in [1.807, 2.05) is 6.92 Å². The Kier molecular flexibility index (Phi) is 5.40. The fourth-order valence-electron chi connectivity index (χ4n) is 3.91. The third kappa shape index (κ3) is 3.86. The van der Waals surface area contributed by atoms with Crippen molar-refractivity contribution in [1.29, 1.82) is 0 Å². The SMILES string of the molecule is COc1ccc(S(=O)(=O)N2C[C@@H](C)[C@@H](n3nc(CC(=O)O)c4ccc(F)cc43)C2)cn1. The number of sulfonamides is 1. The number of ether oxygens (including phenoxy) is 1. The van der Waals surface area contributed by atoms with Crippen LogP contribution in [0.25, 0.3) is 10.9 Å². The lowest BCUT2D eigenvalue weighted by Gasteiger charge is -2.17. The van der Waals surface area contributed by atoms with E-state index < -0.39 is 21.8 Å². The van der Waals surface area contributed by atoms with E-state index in [-0.39, 0.29) is 36.4 Å². The summed E-state index contributed by atoms with van der Waals surface area (Å²) in [6, 6.07) is 6.59. The molecule has 31 heavy (non-hydrogen) atoms. The van der Waals surface area contributed by atoms with E-state index in [0.29, 0.717) is 22.5 Å². The summed E-state index contributed by atoms with van der Waals surface area (Å²) >= 11 is 0. The first-order valence-corrected chi connectivity index (χ1v) is 11.0. The van der Waals surface area contributed by atoms with Crippen LogP contribution in [0.2, 0.25) is 0 Å². The van der Waals surface area contributed by atoms with Gasteiger partial charge in [0, 0.05) is 24.5 Å². The quantitative estimate of drug-likeness (QED) is 0.614. The van der Waals surface area contributed by atoms with E-state index >= 15 is 0 Å². The summed E-state index contributed by atoms with van der Waals surface area (Å²) in [6.07, 6.45) is 0.936. The zero-order valence-corrected chi connectivity index (χ0v) is 17.7. The predicted molar refractivity (Wildman–Crippen MR) is 109 cm³/mol. The van der Waals surface area contributed by atoms with Gasteiger partial charge in [0.05, 0.1) is 37.0 Å². The maximum Gasteiger partial charge on any atom is 0.309 e. The molecule has 1 aliphatic rings. The van der Waals surface area contributed by atoms with Crippen molar-refractivity contribution in [3.63, 3.8) is 0 Å². The van der Waals surface area contributed by atoms with Crippen molar-refractivity contribution in [2.45, 2.75) is 24.3 Å². The van der Waals surface area contributed by atoms with Crippen LogP contribution < -0.4 is 4.74 Å². The largest absolute Gasteiger partial charge is 0.481 e. The number of carboxylic acids is 1. The lowest BCUT2D eigenvalue weighted by Crippen LogP contribution is -2.29. The Hall–Kier alpha value is -3.05. The number of halogens is 1. The molecule has 11 heteroatoms. The summed E-state index contributed by atoms with van der Waals surface area (Å²) in [7, 11) is -2.36. The molecular formula is C20H21FN4O5S. The molecule has 0 saturated carbocycles. The molecule has 0 aliphatic carbocycles. The van der Waals surface area contributed by atoms with Crippen LogP contribution in [-0.4, -0.2) is 58.8 Å². The van der Waals surface area contributed by atoms with Crippen LogP contribution in [0, 0.1) is 11.7 Å². The minimum absolute atomic E-state index is 0.0454. The molecule has 164 valence electrons. The summed E-state index contributed by atoms with van der Waals surface area (Å²) in [4.78, 5) is 15.2. The first-order chi connectivity index (χ1) is 14.7. The molecule has 1 aromatic carbocycles. The zero-order valence-electron chi connectivity index (χ0n) is 16.9. The van der Waals surface area contributed by atoms with Gasteiger partial charge in [0.15, 0.2) is 0 Å². The summed E-state index contributed by atoms with van der Waals surface area (Å²) in [6.45, 7) is 2.25. The maximum atomic E-state index is 13.9. The molecule has 0 unspecified atom stereocenters. The summed E-state index contributed by atoms with van der Waals surface area (Å²) in [5, 5.41) is 14.2. The van der Waals surface area contributed by atoms with Crippen LogP contribution in [0.4, 0.5) is 4.39 Å². The van der Waals surface area contributed by atoms with Crippen molar-refractivity contribution in [1.82, 2.24) is 19.1 Å². The van der Waals surface area contributed by atoms with Crippen LogP contribution in [0.15, 0.2) is 41.4 Å². The second kappa shape index (κ2) is 7.89. The van der Waals surface area contributed by atoms with Crippen molar-refractivity contribution < 1.29 is 27.4 Å². The van der Waals surface area contributed by atoms with Gasteiger partial charge in [-0.1, -0.05) is 6.92 Å². The van der Waals surface area contributed by atoms with Crippen LogP contribution in [0.5, 0.6) is 5.88 Å². The van der Waals surface area contributed by atoms with Gasteiger partial charge in [-0.15, -0.1) is 0 Å². The van der Waals surface area contributed by atoms with E-state index in [2.05, 4.69) is 10.1 Å². The molecule has 3 heterocycles. The highest BCUT2D eigenvalue weighted by Gasteiger charge is 2.39. The van der Waals surface area contributed by atoms with Crippen molar-refractivity contribution >= 4 is 26.9 Å². The number of hydrogen-bond donors (Lipinski definition) is 1. The summed E-state index contributed by atoms with van der Waals surface area (Å²) < 4.78 is 48.0. The lowest BCUT2D eigenvalue weighted by atomic mass is 10.1. The van der Waals surface area contributed by atoms with Crippen molar-refractivity contribution in [3.8, 4) is 5.88 Å². The van der Waals surface area contributed by atoms with Crippen molar-refractivity contribution in [2.75, 3.05) is 20.2 Å². The molecule has 1 N–H and O–H groups in total. The third-order valence-corrected chi connectivity index (χ3v) is 7.29. The van der Waals surface area contributed by atoms with E-state index in [1.54, 1.807) is 4.68 Å². The van der Waals surface area contributed by atoms with E-state index in [1.165, 1.54) is 47.9 Å². The number of hydrogen-bond acceptors (Lipinski definition) is 6. The molecule has 9 nitrogen and oxygen atoms in total. The fraction of sp³-hybridized carbons (Fsp3) is 0.350. The Morgan fingerprint density at radius 1 is 1.29 bits per heavy atom. The number of aliphatic carboxylic acids is 1. The van der Waals surface area contributed by atoms with E-state index in [4.69, 9.17) is 4.74 Å². The molecule has 0 amide bonds. The van der Waals surface area contributed by atoms with Gasteiger partial charge in [-0.05, 0) is 30.2 Å². The van der Waals surface area contributed by atoms with E-state index in [9.17, 15) is 22.7 Å². The molecule has 1 aliphatic heterocycles. The highest BCUT2D eigenvalue weighted by atomic mass is 32.2. The van der Waals surface area contributed by atoms with Gasteiger partial charge in [-0.25, -0.2) is 17.8 Å². The Morgan fingerprint density at radius 3 is 2.71 bits per heavy atom. The average Bonchev–Trinajstić information content (AvgIpc) is 3.28. The number of carboxylic acid groups (broad SMARTS) is 1. The Bertz CT molecular complexity index is 1240. The third-order valence-electron chi connectivity index (χ3n) is 5.47. The highest BCUT2D eigenvalue weighted by Crippen LogP contribution is 2.34. The van der Waals surface area contributed by atoms with Gasteiger partial charge >= 0.3 is 5.97 Å². The predicted octanol–water partition coefficient (Wildman–Crippen LogP) is 2.09. The molecule has 1 fully saturated rings. The maximum absolute atomic E-state index is 13.9. The summed E-state index contributed by atoms with van der Waals surface area (Å²) in [5.74, 6) is -1.35. The second-order valence-corrected chi connectivity index (χ2v) is 9.46. The number of pyridine rings is 1. The normalized spacial score (nSPS) is 19.7. The molecule has 2 aromatic heterocycles. The molecule has 4 rings (SSSR count). The van der Waals surface area contributed by atoms with Crippen LogP contribution in [0.1, 0.15) is 18.7 Å². The minimum atomic E-state index is -3.81. The van der Waals surface area contributed by atoms with Gasteiger partial charge in [0.1, 0.15) is 10.7 Å². The van der Waals surface area contributed by atoms with Gasteiger partial charge in [-0.3, -0.25) is 9.48 Å². The molecule has 0 spiro atoms. The number of benzene rings is 1. The Labute approximate surface area is 178 Å². The van der Waals surface area contributed by atoms with Gasteiger partial charge in [0.25, 0.3) is 0 Å². The number of methoxy groups -OCH3 is 1. The molecule has 2 atom stereocenters. The number of rotatable bonds is 6. The number of nitrogens with zero attached hydrogens (tertiary/aromatic N) is 4. The fourth-order valence-corrected chi connectivity index (χ4v) is 5.42. The van der Waals surface area contributed by atoms with Crippen molar-refractivity contribution in [2.24, 2.45) is 5.92 Å². The molecule has 1 saturated heterocycles. The molecular weight excluding hydrogens is 427 g/mol. The standard InChI is InChI=1S/C20H21FN4O5S/c1-12-10-24(31(28,29)14-4-6-19(30-2)22-9-14)11-18(12)25-17-7-13(21)3-5-15(17)16(23-25)8-20(26)27/h3-7,9,12,18H,8,10-11H2,1-2H3,(H,26,27)/t12-,18+/m1/s1. The van der Waals surface area contributed by atoms with Crippen LogP contribution in [0.3, 0.4) is 0 Å². The van der Waals surface area contributed by atoms with Crippen LogP contribution in [-0.2, 0) is 21.2 Å². The van der Waals surface area contributed by atoms with E-state index in [0.717, 1.165) is 0 Å². The van der Waals surface area contributed by atoms with Crippen LogP contribution >= 0.6 is 0 Å². The summed E-state index contributed by atoms with van der Waals surface area (Å²) in [5.41, 5.74) is 0.758. The first-order valence-electron chi connectivity index (χ1n) is 9.59. The molecule has 3 aromatic rings. The Morgan fingerprint density at radius 2 is 2.06 bits per heavy atom. The highest BCUT2D eigenvalue weighted by molar-refractivity contribution is 7.89.